The van der Waals surface area contributed by atoms with Gasteiger partial charge >= 0.3 is 5.97 Å². The lowest BCUT2D eigenvalue weighted by Gasteiger charge is -2.62. The average molecular weight is 482 g/mol. The molecule has 0 bridgehead atoms. The van der Waals surface area contributed by atoms with Gasteiger partial charge in [-0.25, -0.2) is 0 Å². The average Bonchev–Trinajstić information content (AvgIpc) is 3.60. The zero-order valence-electron chi connectivity index (χ0n) is 22.5. The molecule has 194 valence electrons. The van der Waals surface area contributed by atoms with E-state index in [0.717, 1.165) is 51.4 Å². The third-order valence-corrected chi connectivity index (χ3v) is 14.0. The van der Waals surface area contributed by atoms with Crippen molar-refractivity contribution >= 4 is 5.97 Å². The van der Waals surface area contributed by atoms with Crippen molar-refractivity contribution in [2.75, 3.05) is 0 Å². The highest BCUT2D eigenvalue weighted by molar-refractivity contribution is 5.79. The van der Waals surface area contributed by atoms with E-state index >= 15 is 0 Å². The maximum Gasteiger partial charge on any atom is 0.310 e. The molecule has 1 saturated heterocycles. The van der Waals surface area contributed by atoms with Crippen LogP contribution in [0.1, 0.15) is 105 Å². The van der Waals surface area contributed by atoms with Crippen molar-refractivity contribution in [1.82, 2.24) is 5.32 Å². The molecule has 3 N–H and O–H groups in total. The van der Waals surface area contributed by atoms with E-state index in [2.05, 4.69) is 46.2 Å². The second-order valence-corrected chi connectivity index (χ2v) is 14.3. The van der Waals surface area contributed by atoms with E-state index in [4.69, 9.17) is 0 Å². The zero-order valence-corrected chi connectivity index (χ0v) is 22.5. The smallest absolute Gasteiger partial charge is 0.310 e. The summed E-state index contributed by atoms with van der Waals surface area (Å²) in [5, 5.41) is 26.1. The van der Waals surface area contributed by atoms with Crippen molar-refractivity contribution in [3.05, 3.63) is 24.8 Å². The molecule has 0 amide bonds. The first kappa shape index (κ1) is 24.2. The Labute approximate surface area is 212 Å². The first-order chi connectivity index (χ1) is 16.4. The van der Waals surface area contributed by atoms with Crippen molar-refractivity contribution < 1.29 is 15.0 Å². The molecule has 1 aliphatic heterocycles. The number of aliphatic carboxylic acids is 1. The van der Waals surface area contributed by atoms with Crippen LogP contribution in [-0.2, 0) is 4.79 Å². The highest BCUT2D eigenvalue weighted by Crippen LogP contribution is 2.93. The second kappa shape index (κ2) is 6.84. The van der Waals surface area contributed by atoms with Crippen LogP contribution < -0.4 is 5.32 Å². The molecule has 2 unspecified atom stereocenters. The number of fused-ring (bicyclic) bond motifs is 2. The van der Waals surface area contributed by atoms with Gasteiger partial charge in [0.1, 0.15) is 0 Å². The van der Waals surface area contributed by atoms with Gasteiger partial charge in [0.2, 0.25) is 0 Å². The van der Waals surface area contributed by atoms with Gasteiger partial charge in [-0.05, 0) is 125 Å². The van der Waals surface area contributed by atoms with Crippen molar-refractivity contribution in [2.45, 2.75) is 121 Å². The molecule has 35 heavy (non-hydrogen) atoms. The van der Waals surface area contributed by atoms with Crippen LogP contribution in [0.25, 0.3) is 0 Å². The van der Waals surface area contributed by atoms with Gasteiger partial charge in [0.05, 0.1) is 16.6 Å². The number of hydrogen-bond donors (Lipinski definition) is 3. The Morgan fingerprint density at radius 3 is 2.51 bits per heavy atom. The van der Waals surface area contributed by atoms with Crippen molar-refractivity contribution in [3.63, 3.8) is 0 Å². The summed E-state index contributed by atoms with van der Waals surface area (Å²) in [6.07, 6.45) is 14.0. The van der Waals surface area contributed by atoms with Gasteiger partial charge in [-0.1, -0.05) is 32.1 Å². The van der Waals surface area contributed by atoms with Crippen molar-refractivity contribution in [2.24, 2.45) is 39.4 Å². The van der Waals surface area contributed by atoms with E-state index in [1.165, 1.54) is 24.8 Å². The van der Waals surface area contributed by atoms with Gasteiger partial charge in [-0.2, -0.15) is 0 Å². The van der Waals surface area contributed by atoms with Crippen LogP contribution in [0.5, 0.6) is 0 Å². The molecule has 3 spiro atoms. The number of carboxylic acid groups (broad SMARTS) is 1. The fraction of sp³-hybridized carbons (Fsp3) is 0.839. The normalized spacial score (nSPS) is 55.1. The van der Waals surface area contributed by atoms with Gasteiger partial charge in [-0.15, -0.1) is 6.58 Å². The number of carboxylic acids is 1. The van der Waals surface area contributed by atoms with Gasteiger partial charge in [0, 0.05) is 5.54 Å². The third-order valence-electron chi connectivity index (χ3n) is 14.0. The van der Waals surface area contributed by atoms with Gasteiger partial charge in [0.25, 0.3) is 0 Å². The molecule has 0 aromatic heterocycles. The molecule has 6 fully saturated rings. The molecule has 10 atom stereocenters. The molecule has 6 rings (SSSR count). The Morgan fingerprint density at radius 1 is 1.14 bits per heavy atom. The summed E-state index contributed by atoms with van der Waals surface area (Å²) in [5.41, 5.74) is 0.0763. The molecule has 4 heteroatoms. The third kappa shape index (κ3) is 2.37. The van der Waals surface area contributed by atoms with Crippen molar-refractivity contribution in [1.29, 1.82) is 0 Å². The lowest BCUT2D eigenvalue weighted by atomic mass is 9.42. The molecular formula is C31H47NO3. The fourth-order valence-electron chi connectivity index (χ4n) is 12.1. The zero-order chi connectivity index (χ0) is 25.3. The Bertz CT molecular complexity index is 1010. The number of hydrogen-bond acceptors (Lipinski definition) is 3. The number of carbonyl (C=O) groups is 1. The van der Waals surface area contributed by atoms with Gasteiger partial charge in [0.15, 0.2) is 0 Å². The Balaban J connectivity index is 1.32. The second-order valence-electron chi connectivity index (χ2n) is 14.3. The number of allylic oxidation sites excluding steroid dienone is 1. The Morgan fingerprint density at radius 2 is 1.89 bits per heavy atom. The van der Waals surface area contributed by atoms with E-state index in [-0.39, 0.29) is 27.3 Å². The minimum atomic E-state index is -0.744. The number of rotatable bonds is 6. The van der Waals surface area contributed by atoms with E-state index in [0.29, 0.717) is 24.2 Å². The molecule has 4 nitrogen and oxygen atoms in total. The first-order valence-corrected chi connectivity index (χ1v) is 14.4. The van der Waals surface area contributed by atoms with E-state index in [9.17, 15) is 15.0 Å². The summed E-state index contributed by atoms with van der Waals surface area (Å²) in [7, 11) is 0. The fourth-order valence-corrected chi connectivity index (χ4v) is 12.1. The quantitative estimate of drug-likeness (QED) is 0.309. The molecule has 5 aliphatic carbocycles. The Kier molecular flexibility index (Phi) is 4.73. The molecule has 6 aliphatic rings. The monoisotopic (exact) mass is 481 g/mol. The molecule has 0 aromatic rings. The summed E-state index contributed by atoms with van der Waals surface area (Å²) in [5.74, 6) is 1.18. The minimum Gasteiger partial charge on any atom is -0.481 e. The van der Waals surface area contributed by atoms with Gasteiger partial charge in [-0.3, -0.25) is 10.1 Å². The molecule has 0 radical (unpaired) electrons. The van der Waals surface area contributed by atoms with Crippen LogP contribution in [0.4, 0.5) is 0 Å². The highest BCUT2D eigenvalue weighted by Gasteiger charge is 2.89. The summed E-state index contributed by atoms with van der Waals surface area (Å²) >= 11 is 0. The highest BCUT2D eigenvalue weighted by atomic mass is 16.4. The molecular weight excluding hydrogens is 434 g/mol. The molecule has 0 aromatic carbocycles. The SMILES string of the molecule is C=CC[C@](O)(CC)C1(C)N[C@]12CCC1[C@H](CC[C@@]34C[C@]35[C@H](C(=C)C)CC[C@]5(C(=O)O)CC[C@@]14C)C2. The number of aliphatic hydroxyl groups is 1. The van der Waals surface area contributed by atoms with Crippen LogP contribution in [0.2, 0.25) is 0 Å². The topological polar surface area (TPSA) is 79.5 Å². The standard InChI is InChI=1S/C31H47NO3/c1-7-12-30(35,8-2)26(6)29(32-26)15-11-23-21(18-29)9-14-28-19-31(28)22(20(3)4)10-13-27(31,24(33)34)17-16-25(23,28)5/h7,21-23,32,35H,1,3,8-19H2,2,4-6H3,(H,33,34)/t21-,22+,23?,25+,26?,27-,28+,29+,30-,31-/m1/s1. The lowest BCUT2D eigenvalue weighted by Crippen LogP contribution is -2.58. The summed E-state index contributed by atoms with van der Waals surface area (Å²) in [6, 6.07) is 0. The van der Waals surface area contributed by atoms with Gasteiger partial charge < -0.3 is 10.2 Å². The maximum absolute atomic E-state index is 12.9. The van der Waals surface area contributed by atoms with E-state index in [1.807, 2.05) is 6.08 Å². The summed E-state index contributed by atoms with van der Waals surface area (Å²) in [6.45, 7) is 17.4. The van der Waals surface area contributed by atoms with Crippen LogP contribution in [0.15, 0.2) is 24.8 Å². The van der Waals surface area contributed by atoms with Crippen LogP contribution in [0, 0.1) is 39.4 Å². The van der Waals surface area contributed by atoms with Crippen molar-refractivity contribution in [3.8, 4) is 0 Å². The minimum absolute atomic E-state index is 0.0388. The summed E-state index contributed by atoms with van der Waals surface area (Å²) in [4.78, 5) is 12.9. The summed E-state index contributed by atoms with van der Waals surface area (Å²) < 4.78 is 0. The van der Waals surface area contributed by atoms with Crippen LogP contribution >= 0.6 is 0 Å². The predicted molar refractivity (Wildman–Crippen MR) is 139 cm³/mol. The molecule has 5 saturated carbocycles. The van der Waals surface area contributed by atoms with E-state index in [1.54, 1.807) is 0 Å². The van der Waals surface area contributed by atoms with Crippen LogP contribution in [0.3, 0.4) is 0 Å². The molecule has 1 heterocycles. The Hall–Kier alpha value is -1.13. The predicted octanol–water partition coefficient (Wildman–Crippen LogP) is 6.25. The largest absolute Gasteiger partial charge is 0.481 e. The van der Waals surface area contributed by atoms with E-state index < -0.39 is 17.0 Å². The maximum atomic E-state index is 12.9. The van der Waals surface area contributed by atoms with Crippen LogP contribution in [-0.4, -0.2) is 32.9 Å². The number of nitrogens with one attached hydrogen (secondary N) is 1. The first-order valence-electron chi connectivity index (χ1n) is 14.4. The lowest BCUT2D eigenvalue weighted by molar-refractivity contribution is -0.172.